The van der Waals surface area contributed by atoms with Gasteiger partial charge in [-0.15, -0.1) is 5.10 Å². The zero-order chi connectivity index (χ0) is 10.0. The molecule has 3 N–H and O–H groups in total. The van der Waals surface area contributed by atoms with Crippen molar-refractivity contribution >= 4 is 11.9 Å². The summed E-state index contributed by atoms with van der Waals surface area (Å²) in [5.41, 5.74) is -0.499. The van der Waals surface area contributed by atoms with Crippen LogP contribution >= 0.6 is 0 Å². The molecule has 1 amide bonds. The molecule has 1 aliphatic heterocycles. The van der Waals surface area contributed by atoms with E-state index in [0.29, 0.717) is 0 Å². The van der Waals surface area contributed by atoms with E-state index in [9.17, 15) is 4.79 Å². The van der Waals surface area contributed by atoms with Crippen LogP contribution in [0.4, 0.5) is 5.95 Å². The van der Waals surface area contributed by atoms with Crippen molar-refractivity contribution in [3.05, 3.63) is 0 Å². The van der Waals surface area contributed by atoms with Crippen LogP contribution in [0.1, 0.15) is 19.8 Å². The van der Waals surface area contributed by atoms with Crippen LogP contribution in [-0.4, -0.2) is 38.6 Å². The molecule has 1 saturated heterocycles. The second-order valence-corrected chi connectivity index (χ2v) is 3.55. The number of aromatic amines is 1. The van der Waals surface area contributed by atoms with Crippen LogP contribution in [0.2, 0.25) is 0 Å². The minimum atomic E-state index is -0.499. The number of hydrogen-bond donors (Lipinski definition) is 3. The molecule has 0 aliphatic carbocycles. The van der Waals surface area contributed by atoms with Gasteiger partial charge in [0, 0.05) is 0 Å². The Morgan fingerprint density at radius 2 is 2.50 bits per heavy atom. The SMILES string of the molecule is CC1(C(=O)Nc2nn[nH]n2)CCCN1. The Morgan fingerprint density at radius 3 is 3.07 bits per heavy atom. The van der Waals surface area contributed by atoms with E-state index in [1.54, 1.807) is 0 Å². The highest BCUT2D eigenvalue weighted by atomic mass is 16.2. The van der Waals surface area contributed by atoms with Crippen LogP contribution in [0.15, 0.2) is 0 Å². The van der Waals surface area contributed by atoms with Gasteiger partial charge in [0.1, 0.15) is 0 Å². The van der Waals surface area contributed by atoms with Gasteiger partial charge in [-0.1, -0.05) is 5.10 Å². The van der Waals surface area contributed by atoms with Gasteiger partial charge in [0.15, 0.2) is 0 Å². The van der Waals surface area contributed by atoms with Crippen LogP contribution in [0.3, 0.4) is 0 Å². The fraction of sp³-hybridized carbons (Fsp3) is 0.714. The number of aromatic nitrogens is 4. The molecule has 7 nitrogen and oxygen atoms in total. The molecule has 1 aromatic heterocycles. The number of nitrogens with zero attached hydrogens (tertiary/aromatic N) is 3. The molecule has 0 spiro atoms. The first kappa shape index (κ1) is 9.07. The first-order chi connectivity index (χ1) is 6.71. The number of anilines is 1. The number of carbonyl (C=O) groups is 1. The second kappa shape index (κ2) is 3.33. The third-order valence-corrected chi connectivity index (χ3v) is 2.44. The highest BCUT2D eigenvalue weighted by Gasteiger charge is 2.36. The molecular formula is C7H12N6O. The van der Waals surface area contributed by atoms with Crippen molar-refractivity contribution in [2.45, 2.75) is 25.3 Å². The van der Waals surface area contributed by atoms with Crippen molar-refractivity contribution in [1.29, 1.82) is 0 Å². The lowest BCUT2D eigenvalue weighted by molar-refractivity contribution is -0.121. The normalized spacial score (nSPS) is 26.4. The highest BCUT2D eigenvalue weighted by molar-refractivity contribution is 5.96. The van der Waals surface area contributed by atoms with Gasteiger partial charge in [-0.25, -0.2) is 0 Å². The summed E-state index contributed by atoms with van der Waals surface area (Å²) >= 11 is 0. The Bertz CT molecular complexity index is 315. The van der Waals surface area contributed by atoms with Crippen molar-refractivity contribution in [3.8, 4) is 0 Å². The van der Waals surface area contributed by atoms with Gasteiger partial charge >= 0.3 is 0 Å². The highest BCUT2D eigenvalue weighted by Crippen LogP contribution is 2.19. The summed E-state index contributed by atoms with van der Waals surface area (Å²) in [5, 5.41) is 18.7. The van der Waals surface area contributed by atoms with Crippen LogP contribution in [0.5, 0.6) is 0 Å². The van der Waals surface area contributed by atoms with Gasteiger partial charge in [0.25, 0.3) is 5.95 Å². The molecule has 14 heavy (non-hydrogen) atoms. The van der Waals surface area contributed by atoms with Gasteiger partial charge in [-0.05, 0) is 31.5 Å². The third kappa shape index (κ3) is 1.58. The fourth-order valence-corrected chi connectivity index (χ4v) is 1.54. The molecule has 0 radical (unpaired) electrons. The van der Waals surface area contributed by atoms with Crippen LogP contribution in [-0.2, 0) is 4.79 Å². The van der Waals surface area contributed by atoms with Gasteiger partial charge in [-0.2, -0.15) is 5.21 Å². The predicted octanol–water partition coefficient (Wildman–Crippen LogP) is -0.720. The van der Waals surface area contributed by atoms with E-state index in [1.165, 1.54) is 0 Å². The lowest BCUT2D eigenvalue weighted by Gasteiger charge is -2.21. The molecule has 2 rings (SSSR count). The topological polar surface area (TPSA) is 95.6 Å². The van der Waals surface area contributed by atoms with Gasteiger partial charge in [0.2, 0.25) is 5.91 Å². The summed E-state index contributed by atoms with van der Waals surface area (Å²) in [6, 6.07) is 0. The minimum Gasteiger partial charge on any atom is -0.304 e. The summed E-state index contributed by atoms with van der Waals surface area (Å²) in [4.78, 5) is 11.7. The molecule has 1 atom stereocenters. The molecule has 0 bridgehead atoms. The maximum Gasteiger partial charge on any atom is 0.269 e. The third-order valence-electron chi connectivity index (χ3n) is 2.44. The summed E-state index contributed by atoms with van der Waals surface area (Å²) in [6.07, 6.45) is 1.84. The Kier molecular flexibility index (Phi) is 2.16. The standard InChI is InChI=1S/C7H12N6O/c1-7(3-2-4-8-7)5(14)9-6-10-12-13-11-6/h8H,2-4H2,1H3,(H2,9,10,11,12,13,14). The molecule has 7 heteroatoms. The number of rotatable bonds is 2. The molecule has 76 valence electrons. The lowest BCUT2D eigenvalue weighted by Crippen LogP contribution is -2.48. The van der Waals surface area contributed by atoms with Crippen molar-refractivity contribution < 1.29 is 4.79 Å². The van der Waals surface area contributed by atoms with E-state index in [-0.39, 0.29) is 11.9 Å². The molecule has 1 aromatic rings. The van der Waals surface area contributed by atoms with Crippen molar-refractivity contribution in [1.82, 2.24) is 25.9 Å². The van der Waals surface area contributed by atoms with Crippen LogP contribution in [0.25, 0.3) is 0 Å². The first-order valence-corrected chi connectivity index (χ1v) is 4.51. The number of carbonyl (C=O) groups excluding carboxylic acids is 1. The molecule has 1 aliphatic rings. The number of hydrogen-bond acceptors (Lipinski definition) is 5. The van der Waals surface area contributed by atoms with E-state index in [1.807, 2.05) is 6.92 Å². The van der Waals surface area contributed by atoms with E-state index in [4.69, 9.17) is 0 Å². The molecule has 0 saturated carbocycles. The molecule has 2 heterocycles. The summed E-state index contributed by atoms with van der Waals surface area (Å²) < 4.78 is 0. The minimum absolute atomic E-state index is 0.114. The molecular weight excluding hydrogens is 184 g/mol. The maximum atomic E-state index is 11.7. The molecule has 0 aromatic carbocycles. The van der Waals surface area contributed by atoms with Crippen molar-refractivity contribution in [2.75, 3.05) is 11.9 Å². The zero-order valence-electron chi connectivity index (χ0n) is 7.87. The quantitative estimate of drug-likeness (QED) is 0.580. The zero-order valence-corrected chi connectivity index (χ0v) is 7.87. The van der Waals surface area contributed by atoms with E-state index < -0.39 is 5.54 Å². The number of H-pyrrole nitrogens is 1. The van der Waals surface area contributed by atoms with E-state index in [0.717, 1.165) is 19.4 Å². The number of tetrazole rings is 1. The Morgan fingerprint density at radius 1 is 1.64 bits per heavy atom. The Labute approximate surface area is 80.6 Å². The summed E-state index contributed by atoms with van der Waals surface area (Å²) in [5.74, 6) is 0.0984. The first-order valence-electron chi connectivity index (χ1n) is 4.51. The largest absolute Gasteiger partial charge is 0.304 e. The number of amides is 1. The average Bonchev–Trinajstić information content (AvgIpc) is 2.76. The summed E-state index contributed by atoms with van der Waals surface area (Å²) in [7, 11) is 0. The Hall–Kier alpha value is -1.50. The number of nitrogens with one attached hydrogen (secondary N) is 3. The van der Waals surface area contributed by atoms with Crippen molar-refractivity contribution in [3.63, 3.8) is 0 Å². The van der Waals surface area contributed by atoms with Crippen molar-refractivity contribution in [2.24, 2.45) is 0 Å². The van der Waals surface area contributed by atoms with E-state index >= 15 is 0 Å². The van der Waals surface area contributed by atoms with Gasteiger partial charge < -0.3 is 5.32 Å². The molecule has 1 fully saturated rings. The monoisotopic (exact) mass is 196 g/mol. The fourth-order valence-electron chi connectivity index (χ4n) is 1.54. The predicted molar refractivity (Wildman–Crippen MR) is 48.4 cm³/mol. The van der Waals surface area contributed by atoms with Gasteiger partial charge in [-0.3, -0.25) is 10.1 Å². The van der Waals surface area contributed by atoms with E-state index in [2.05, 4.69) is 31.3 Å². The maximum absolute atomic E-state index is 11.7. The lowest BCUT2D eigenvalue weighted by atomic mass is 10.00. The smallest absolute Gasteiger partial charge is 0.269 e. The molecule has 1 unspecified atom stereocenters. The second-order valence-electron chi connectivity index (χ2n) is 3.55. The van der Waals surface area contributed by atoms with Crippen LogP contribution < -0.4 is 10.6 Å². The average molecular weight is 196 g/mol. The summed E-state index contributed by atoms with van der Waals surface area (Å²) in [6.45, 7) is 2.74. The Balaban J connectivity index is 2.02. The van der Waals surface area contributed by atoms with Gasteiger partial charge in [0.05, 0.1) is 5.54 Å². The van der Waals surface area contributed by atoms with Crippen LogP contribution in [0, 0.1) is 0 Å².